The summed E-state index contributed by atoms with van der Waals surface area (Å²) >= 11 is 0.750. The van der Waals surface area contributed by atoms with E-state index < -0.39 is 35.4 Å². The lowest BCUT2D eigenvalue weighted by atomic mass is 10.1. The van der Waals surface area contributed by atoms with E-state index in [9.17, 15) is 28.5 Å². The average molecular weight is 490 g/mol. The molecule has 4 heterocycles. The number of thiophene rings is 1. The molecule has 0 fully saturated rings. The number of carbonyl (C=O) groups is 2. The molecule has 0 aromatic carbocycles. The third-order valence-corrected chi connectivity index (χ3v) is 6.10. The molecule has 0 aliphatic carbocycles. The van der Waals surface area contributed by atoms with Crippen molar-refractivity contribution in [3.63, 3.8) is 0 Å². The Kier molecular flexibility index (Phi) is 5.83. The van der Waals surface area contributed by atoms with Crippen LogP contribution in [0.5, 0.6) is 0 Å². The van der Waals surface area contributed by atoms with Crippen LogP contribution in [0.3, 0.4) is 0 Å². The first-order chi connectivity index (χ1) is 16.1. The zero-order chi connectivity index (χ0) is 24.7. The number of fused-ring (bicyclic) bond motifs is 1. The largest absolute Gasteiger partial charge is 0.464 e. The fourth-order valence-electron chi connectivity index (χ4n) is 3.57. The minimum absolute atomic E-state index is 0.0201. The number of carbonyl (C=O) groups excluding carboxylic acids is 2. The molecular weight excluding hydrogens is 474 g/mol. The normalized spacial score (nSPS) is 11.3. The number of nitrogens with zero attached hydrogens (tertiary/aromatic N) is 4. The van der Waals surface area contributed by atoms with E-state index in [2.05, 4.69) is 15.4 Å². The first-order valence-corrected chi connectivity index (χ1v) is 10.5. The third-order valence-electron chi connectivity index (χ3n) is 5.00. The summed E-state index contributed by atoms with van der Waals surface area (Å²) in [4.78, 5) is 39.5. The molecule has 0 saturated carbocycles. The van der Waals surface area contributed by atoms with Gasteiger partial charge in [-0.05, 0) is 32.0 Å². The Morgan fingerprint density at radius 3 is 2.68 bits per heavy atom. The maximum absolute atomic E-state index is 13.5. The first-order valence-electron chi connectivity index (χ1n) is 9.66. The average Bonchev–Trinajstić information content (AvgIpc) is 3.46. The highest BCUT2D eigenvalue weighted by molar-refractivity contribution is 7.21. The summed E-state index contributed by atoms with van der Waals surface area (Å²) in [5, 5.41) is 18.0. The molecule has 0 aliphatic heterocycles. The Morgan fingerprint density at radius 2 is 2.12 bits per heavy atom. The summed E-state index contributed by atoms with van der Waals surface area (Å²) < 4.78 is 33.4. The molecule has 0 atom stereocenters. The lowest BCUT2D eigenvalue weighted by Gasteiger charge is -2.10. The van der Waals surface area contributed by atoms with E-state index in [1.54, 1.807) is 6.07 Å². The molecule has 0 bridgehead atoms. The smallest absolute Gasteiger partial charge is 0.312 e. The van der Waals surface area contributed by atoms with Crippen molar-refractivity contribution in [1.29, 1.82) is 0 Å². The Bertz CT molecular complexity index is 1440. The number of amides is 2. The molecule has 0 aliphatic rings. The van der Waals surface area contributed by atoms with Gasteiger partial charge in [-0.25, -0.2) is 13.8 Å². The van der Waals surface area contributed by atoms with Crippen LogP contribution >= 0.6 is 11.3 Å². The van der Waals surface area contributed by atoms with Gasteiger partial charge < -0.3 is 15.5 Å². The van der Waals surface area contributed by atoms with Crippen molar-refractivity contribution in [3.05, 3.63) is 56.5 Å². The second kappa shape index (κ2) is 8.62. The molecule has 4 rings (SSSR count). The number of hydrogen-bond acceptors (Lipinski definition) is 8. The number of alkyl halides is 2. The molecule has 4 aromatic heterocycles. The molecule has 14 heteroatoms. The van der Waals surface area contributed by atoms with Crippen molar-refractivity contribution in [2.24, 2.45) is 5.73 Å². The molecule has 0 spiro atoms. The highest BCUT2D eigenvalue weighted by atomic mass is 32.1. The maximum Gasteiger partial charge on any atom is 0.312 e. The molecule has 176 valence electrons. The Hall–Kier alpha value is -4.20. The standard InChI is InChI=1S/C20H16F2N6O5S/c1-8-16(28(31)32)9(2)27(26-8)7-13(29)25-15-14-10(12-4-3-5-33-12)6-11(18(21)22)24-20(14)34-17(15)19(23)30/h3-6,18H,7H2,1-2H3,(H2,23,30)(H,25,29). The quantitative estimate of drug-likeness (QED) is 0.293. The maximum atomic E-state index is 13.5. The number of nitrogens with one attached hydrogen (secondary N) is 1. The lowest BCUT2D eigenvalue weighted by Crippen LogP contribution is -2.22. The van der Waals surface area contributed by atoms with E-state index in [-0.39, 0.29) is 49.2 Å². The van der Waals surface area contributed by atoms with Gasteiger partial charge in [0.25, 0.3) is 12.3 Å². The third kappa shape index (κ3) is 3.98. The predicted molar refractivity (Wildman–Crippen MR) is 118 cm³/mol. The number of aromatic nitrogens is 3. The highest BCUT2D eigenvalue weighted by Crippen LogP contribution is 2.42. The van der Waals surface area contributed by atoms with Crippen LogP contribution in [0.25, 0.3) is 21.5 Å². The number of nitrogens with two attached hydrogens (primary N) is 1. The minimum atomic E-state index is -2.89. The van der Waals surface area contributed by atoms with Crippen LogP contribution < -0.4 is 11.1 Å². The van der Waals surface area contributed by atoms with Gasteiger partial charge in [0.05, 0.1) is 16.9 Å². The second-order valence-corrected chi connectivity index (χ2v) is 8.20. The number of rotatable bonds is 7. The Morgan fingerprint density at radius 1 is 1.38 bits per heavy atom. The zero-order valence-electron chi connectivity index (χ0n) is 17.7. The van der Waals surface area contributed by atoms with Gasteiger partial charge in [0.15, 0.2) is 0 Å². The number of primary amides is 1. The van der Waals surface area contributed by atoms with Crippen LogP contribution in [0.4, 0.5) is 20.2 Å². The fourth-order valence-corrected chi connectivity index (χ4v) is 4.58. The van der Waals surface area contributed by atoms with Crippen molar-refractivity contribution in [3.8, 4) is 11.3 Å². The number of aryl methyl sites for hydroxylation is 1. The number of hydrogen-bond donors (Lipinski definition) is 2. The molecule has 4 aromatic rings. The molecule has 0 saturated heterocycles. The topological polar surface area (TPSA) is 159 Å². The van der Waals surface area contributed by atoms with E-state index >= 15 is 0 Å². The van der Waals surface area contributed by atoms with Crippen LogP contribution in [0.2, 0.25) is 0 Å². The van der Waals surface area contributed by atoms with Crippen LogP contribution in [-0.2, 0) is 11.3 Å². The monoisotopic (exact) mass is 490 g/mol. The number of anilines is 1. The molecule has 2 amide bonds. The molecule has 11 nitrogen and oxygen atoms in total. The van der Waals surface area contributed by atoms with Gasteiger partial charge in [-0.3, -0.25) is 24.4 Å². The highest BCUT2D eigenvalue weighted by Gasteiger charge is 2.27. The summed E-state index contributed by atoms with van der Waals surface area (Å²) in [6, 6.07) is 4.20. The SMILES string of the molecule is Cc1nn(CC(=O)Nc2c(C(N)=O)sc3nc(C(F)F)cc(-c4ccco4)c23)c(C)c1[N+](=O)[O-]. The lowest BCUT2D eigenvalue weighted by molar-refractivity contribution is -0.386. The summed E-state index contributed by atoms with van der Waals surface area (Å²) in [7, 11) is 0. The number of furan rings is 1. The van der Waals surface area contributed by atoms with Crippen molar-refractivity contribution >= 4 is 44.7 Å². The first kappa shape index (κ1) is 23.0. The van der Waals surface area contributed by atoms with Gasteiger partial charge in [-0.1, -0.05) is 0 Å². The molecular formula is C20H16F2N6O5S. The number of nitro groups is 1. The Balaban J connectivity index is 1.81. The minimum Gasteiger partial charge on any atom is -0.464 e. The van der Waals surface area contributed by atoms with Crippen molar-refractivity contribution in [2.45, 2.75) is 26.8 Å². The van der Waals surface area contributed by atoms with E-state index in [1.807, 2.05) is 0 Å². The van der Waals surface area contributed by atoms with Gasteiger partial charge in [0, 0.05) is 10.9 Å². The van der Waals surface area contributed by atoms with E-state index in [0.29, 0.717) is 0 Å². The van der Waals surface area contributed by atoms with Gasteiger partial charge in [0.1, 0.15) is 39.1 Å². The Labute approximate surface area is 193 Å². The van der Waals surface area contributed by atoms with E-state index in [4.69, 9.17) is 10.2 Å². The summed E-state index contributed by atoms with van der Waals surface area (Å²) in [5.41, 5.74) is 5.20. The van der Waals surface area contributed by atoms with Crippen LogP contribution in [0.15, 0.2) is 28.9 Å². The fraction of sp³-hybridized carbons (Fsp3) is 0.200. The molecule has 34 heavy (non-hydrogen) atoms. The van der Waals surface area contributed by atoms with Crippen molar-refractivity contribution in [1.82, 2.24) is 14.8 Å². The molecule has 0 unspecified atom stereocenters. The van der Waals surface area contributed by atoms with Gasteiger partial charge in [-0.2, -0.15) is 5.10 Å². The number of halogens is 2. The summed E-state index contributed by atoms with van der Waals surface area (Å²) in [5.74, 6) is -1.36. The summed E-state index contributed by atoms with van der Waals surface area (Å²) in [6.07, 6.45) is -1.55. The van der Waals surface area contributed by atoms with Gasteiger partial charge in [-0.15, -0.1) is 11.3 Å². The van der Waals surface area contributed by atoms with Crippen molar-refractivity contribution < 1.29 is 27.7 Å². The van der Waals surface area contributed by atoms with Crippen LogP contribution in [-0.4, -0.2) is 31.5 Å². The number of pyridine rings is 1. The van der Waals surface area contributed by atoms with Gasteiger partial charge >= 0.3 is 5.69 Å². The van der Waals surface area contributed by atoms with Crippen LogP contribution in [0, 0.1) is 24.0 Å². The second-order valence-electron chi connectivity index (χ2n) is 7.21. The zero-order valence-corrected chi connectivity index (χ0v) is 18.5. The van der Waals surface area contributed by atoms with E-state index in [0.717, 1.165) is 22.1 Å². The predicted octanol–water partition coefficient (Wildman–Crippen LogP) is 3.95. The molecule has 3 N–H and O–H groups in total. The summed E-state index contributed by atoms with van der Waals surface area (Å²) in [6.45, 7) is 2.48. The van der Waals surface area contributed by atoms with Crippen molar-refractivity contribution in [2.75, 3.05) is 5.32 Å². The van der Waals surface area contributed by atoms with E-state index in [1.165, 1.54) is 26.2 Å². The van der Waals surface area contributed by atoms with Crippen LogP contribution in [0.1, 0.15) is 33.2 Å². The molecule has 0 radical (unpaired) electrons. The van der Waals surface area contributed by atoms with Gasteiger partial charge in [0.2, 0.25) is 5.91 Å².